The van der Waals surface area contributed by atoms with Crippen LogP contribution in [0, 0.1) is 31.6 Å². The number of likely N-dealkylation sites (tertiary alicyclic amines) is 1. The Morgan fingerprint density at radius 2 is 1.74 bits per heavy atom. The van der Waals surface area contributed by atoms with E-state index in [-0.39, 0.29) is 29.8 Å². The van der Waals surface area contributed by atoms with Gasteiger partial charge in [0.2, 0.25) is 5.91 Å². The van der Waals surface area contributed by atoms with Crippen LogP contribution in [0.1, 0.15) is 51.7 Å². The van der Waals surface area contributed by atoms with Gasteiger partial charge in [0, 0.05) is 47.4 Å². The molecule has 2 unspecified atom stereocenters. The third-order valence-electron chi connectivity index (χ3n) is 6.26. The van der Waals surface area contributed by atoms with Crippen molar-refractivity contribution in [3.63, 3.8) is 0 Å². The molecule has 0 spiro atoms. The van der Waals surface area contributed by atoms with Gasteiger partial charge >= 0.3 is 6.09 Å². The fourth-order valence-corrected chi connectivity index (χ4v) is 4.76. The molecule has 2 amide bonds. The Morgan fingerprint density at radius 1 is 1.10 bits per heavy atom. The fraction of sp³-hybridized carbons (Fsp3) is 0.583. The number of rotatable bonds is 3. The van der Waals surface area contributed by atoms with Crippen LogP contribution in [-0.4, -0.2) is 45.6 Å². The van der Waals surface area contributed by atoms with Crippen molar-refractivity contribution >= 4 is 22.8 Å². The quantitative estimate of drug-likeness (QED) is 0.812. The Bertz CT molecular complexity index is 1040. The Kier molecular flexibility index (Phi) is 4.98. The van der Waals surface area contributed by atoms with Gasteiger partial charge in [-0.2, -0.15) is 0 Å². The summed E-state index contributed by atoms with van der Waals surface area (Å²) in [6.45, 7) is 14.7. The maximum absolute atomic E-state index is 13.1. The molecule has 0 bridgehead atoms. The van der Waals surface area contributed by atoms with Gasteiger partial charge in [-0.05, 0) is 72.4 Å². The van der Waals surface area contributed by atoms with Crippen molar-refractivity contribution < 1.29 is 14.3 Å². The molecule has 7 nitrogen and oxygen atoms in total. The molecule has 2 fully saturated rings. The Hall–Kier alpha value is -2.70. The molecule has 3 heterocycles. The average molecular weight is 425 g/mol. The first-order valence-corrected chi connectivity index (χ1v) is 10.9. The minimum atomic E-state index is -0.628. The predicted octanol–water partition coefficient (Wildman–Crippen LogP) is 3.71. The molecule has 3 atom stereocenters. The van der Waals surface area contributed by atoms with Gasteiger partial charge < -0.3 is 15.0 Å². The molecule has 1 saturated carbocycles. The predicted molar refractivity (Wildman–Crippen MR) is 118 cm³/mol. The number of nitrogens with zero attached hydrogens (tertiary/aromatic N) is 3. The van der Waals surface area contributed by atoms with Crippen molar-refractivity contribution in [1.82, 2.24) is 20.2 Å². The van der Waals surface area contributed by atoms with Crippen molar-refractivity contribution in [3.8, 4) is 0 Å². The van der Waals surface area contributed by atoms with E-state index in [4.69, 9.17) is 9.72 Å². The number of aryl methyl sites for hydroxylation is 2. The first kappa shape index (κ1) is 21.5. The van der Waals surface area contributed by atoms with Crippen molar-refractivity contribution in [3.05, 3.63) is 35.4 Å². The second-order valence-electron chi connectivity index (χ2n) is 10.5. The van der Waals surface area contributed by atoms with E-state index in [1.54, 1.807) is 11.1 Å². The second kappa shape index (κ2) is 7.18. The van der Waals surface area contributed by atoms with Gasteiger partial charge in [0.05, 0.1) is 11.2 Å². The monoisotopic (exact) mass is 424 g/mol. The molecular formula is C24H32N4O3. The summed E-state index contributed by atoms with van der Waals surface area (Å²) >= 11 is 0. The summed E-state index contributed by atoms with van der Waals surface area (Å²) in [7, 11) is 0. The highest BCUT2D eigenvalue weighted by Gasteiger charge is 2.61. The molecule has 0 radical (unpaired) electrons. The van der Waals surface area contributed by atoms with Crippen molar-refractivity contribution in [2.75, 3.05) is 13.1 Å². The Morgan fingerprint density at radius 3 is 2.35 bits per heavy atom. The molecule has 2 aromatic rings. The number of hydrogen-bond donors (Lipinski definition) is 1. The number of nitrogens with one attached hydrogen (secondary N) is 1. The van der Waals surface area contributed by atoms with Gasteiger partial charge in [0.15, 0.2) is 0 Å². The first-order valence-electron chi connectivity index (χ1n) is 10.9. The molecule has 4 rings (SSSR count). The van der Waals surface area contributed by atoms with Crippen LogP contribution in [0.3, 0.4) is 0 Å². The topological polar surface area (TPSA) is 84.4 Å². The van der Waals surface area contributed by atoms with Crippen molar-refractivity contribution in [1.29, 1.82) is 0 Å². The largest absolute Gasteiger partial charge is 0.444 e. The lowest BCUT2D eigenvalue weighted by molar-refractivity contribution is -0.125. The number of carbonyl (C=O) groups excluding carboxylic acids is 2. The number of aromatic nitrogens is 2. The molecule has 166 valence electrons. The Balaban J connectivity index is 1.46. The molecule has 31 heavy (non-hydrogen) atoms. The minimum Gasteiger partial charge on any atom is -0.444 e. The van der Waals surface area contributed by atoms with E-state index in [9.17, 15) is 9.59 Å². The lowest BCUT2D eigenvalue weighted by Crippen LogP contribution is -2.44. The maximum Gasteiger partial charge on any atom is 0.410 e. The van der Waals surface area contributed by atoms with Gasteiger partial charge in [-0.3, -0.25) is 14.8 Å². The molecule has 1 aliphatic carbocycles. The first-order chi connectivity index (χ1) is 14.4. The van der Waals surface area contributed by atoms with E-state index in [1.807, 2.05) is 60.6 Å². The van der Waals surface area contributed by atoms with E-state index in [0.717, 1.165) is 27.9 Å². The number of hydrogen-bond acceptors (Lipinski definition) is 5. The second-order valence-corrected chi connectivity index (χ2v) is 10.5. The number of fused-ring (bicyclic) bond motifs is 2. The number of carbonyl (C=O) groups is 2. The summed E-state index contributed by atoms with van der Waals surface area (Å²) in [5.74, 6) is 0.387. The number of piperidine rings is 1. The van der Waals surface area contributed by atoms with Crippen LogP contribution < -0.4 is 5.32 Å². The van der Waals surface area contributed by atoms with Crippen molar-refractivity contribution in [2.24, 2.45) is 17.8 Å². The number of amides is 2. The van der Waals surface area contributed by atoms with Crippen LogP contribution in [0.5, 0.6) is 0 Å². The van der Waals surface area contributed by atoms with Crippen LogP contribution in [0.25, 0.3) is 10.8 Å². The zero-order chi connectivity index (χ0) is 22.7. The van der Waals surface area contributed by atoms with E-state index < -0.39 is 11.1 Å². The average Bonchev–Trinajstić information content (AvgIpc) is 3.14. The van der Waals surface area contributed by atoms with E-state index in [2.05, 4.69) is 10.3 Å². The third-order valence-corrected chi connectivity index (χ3v) is 6.26. The van der Waals surface area contributed by atoms with Crippen LogP contribution in [-0.2, 0) is 15.1 Å². The summed E-state index contributed by atoms with van der Waals surface area (Å²) in [6, 6.07) is 4.00. The summed E-state index contributed by atoms with van der Waals surface area (Å²) in [5, 5.41) is 5.30. The van der Waals surface area contributed by atoms with Crippen LogP contribution in [0.15, 0.2) is 18.3 Å². The lowest BCUT2D eigenvalue weighted by atomic mass is 9.93. The zero-order valence-corrected chi connectivity index (χ0v) is 19.4. The molecule has 1 aliphatic heterocycles. The van der Waals surface area contributed by atoms with Crippen LogP contribution in [0.2, 0.25) is 0 Å². The minimum absolute atomic E-state index is 0.0334. The summed E-state index contributed by atoms with van der Waals surface area (Å²) in [5.41, 5.74) is 1.56. The molecule has 2 aromatic heterocycles. The van der Waals surface area contributed by atoms with E-state index in [0.29, 0.717) is 13.1 Å². The van der Waals surface area contributed by atoms with Gasteiger partial charge in [0.25, 0.3) is 0 Å². The zero-order valence-electron chi connectivity index (χ0n) is 19.4. The number of pyridine rings is 2. The molecule has 7 heteroatoms. The highest BCUT2D eigenvalue weighted by Crippen LogP contribution is 2.52. The maximum atomic E-state index is 13.1. The van der Waals surface area contributed by atoms with Crippen LogP contribution >= 0.6 is 0 Å². The fourth-order valence-electron chi connectivity index (χ4n) is 4.76. The smallest absolute Gasteiger partial charge is 0.410 e. The molecule has 1 N–H and O–H groups in total. The lowest BCUT2D eigenvalue weighted by Gasteiger charge is -2.29. The molecule has 0 aromatic carbocycles. The molecular weight excluding hydrogens is 392 g/mol. The van der Waals surface area contributed by atoms with Gasteiger partial charge in [0.1, 0.15) is 5.60 Å². The molecule has 2 aliphatic rings. The summed E-state index contributed by atoms with van der Waals surface area (Å²) < 4.78 is 5.46. The third kappa shape index (κ3) is 4.10. The van der Waals surface area contributed by atoms with Crippen molar-refractivity contribution in [2.45, 2.75) is 59.6 Å². The summed E-state index contributed by atoms with van der Waals surface area (Å²) in [6.07, 6.45) is 1.49. The van der Waals surface area contributed by atoms with Gasteiger partial charge in [-0.1, -0.05) is 0 Å². The molecule has 1 saturated heterocycles. The standard InChI is InChI=1S/C24H32N4O3/c1-13-10-16-14(2)25-9-8-15(16)20(26-13)24(6,7)27-21(29)19-17-11-28(12-18(17)19)22(30)31-23(3,4)5/h8-10,17-19H,11-12H2,1-7H3,(H,27,29)/t17-,18?,19?/m1/s1. The van der Waals surface area contributed by atoms with Gasteiger partial charge in [-0.25, -0.2) is 4.79 Å². The highest BCUT2D eigenvalue weighted by atomic mass is 16.6. The Labute approximate surface area is 183 Å². The summed E-state index contributed by atoms with van der Waals surface area (Å²) in [4.78, 5) is 36.3. The van der Waals surface area contributed by atoms with Gasteiger partial charge in [-0.15, -0.1) is 0 Å². The van der Waals surface area contributed by atoms with Crippen LogP contribution in [0.4, 0.5) is 4.79 Å². The normalized spacial score (nSPS) is 22.9. The van der Waals surface area contributed by atoms with E-state index >= 15 is 0 Å². The highest BCUT2D eigenvalue weighted by molar-refractivity contribution is 5.89. The SMILES string of the molecule is Cc1cc2c(C)nccc2c(C(C)(C)NC(=O)C2C3CN(C(=O)OC(C)(C)C)C[C@H]32)n1. The number of ether oxygens (including phenoxy) is 1. The van der Waals surface area contributed by atoms with E-state index in [1.165, 1.54) is 0 Å².